The van der Waals surface area contributed by atoms with Crippen LogP contribution in [0.25, 0.3) is 0 Å². The Morgan fingerprint density at radius 3 is 2.44 bits per heavy atom. The van der Waals surface area contributed by atoms with Gasteiger partial charge in [-0.2, -0.15) is 0 Å². The van der Waals surface area contributed by atoms with Gasteiger partial charge in [-0.1, -0.05) is 37.3 Å². The van der Waals surface area contributed by atoms with E-state index in [1.807, 2.05) is 6.92 Å². The fourth-order valence-electron chi connectivity index (χ4n) is 2.80. The maximum atomic E-state index is 12.5. The van der Waals surface area contributed by atoms with Gasteiger partial charge in [0.15, 0.2) is 0 Å². The van der Waals surface area contributed by atoms with Crippen molar-refractivity contribution in [3.63, 3.8) is 0 Å². The maximum absolute atomic E-state index is 12.5. The topological polar surface area (TPSA) is 47.9 Å². The van der Waals surface area contributed by atoms with Crippen LogP contribution in [-0.2, 0) is 10.3 Å². The number of rotatable bonds is 5. The number of nitrogens with zero attached hydrogens (tertiary/aromatic N) is 1. The number of esters is 1. The number of hydrogen-bond donors (Lipinski definition) is 0. The summed E-state index contributed by atoms with van der Waals surface area (Å²) in [5.74, 6) is -0.522. The standard InChI is InChI=1S/C20H16F3NO3/c1-2-19(15-7-6-10-17(11-15)27-20(21,22)23)12-14(13-24-19)18(25)26-16-8-4-3-5-9-16/h3-13H,2H2,1H3. The number of ether oxygens (including phenoxy) is 2. The summed E-state index contributed by atoms with van der Waals surface area (Å²) < 4.78 is 46.7. The van der Waals surface area contributed by atoms with Gasteiger partial charge in [-0.25, -0.2) is 4.79 Å². The van der Waals surface area contributed by atoms with Gasteiger partial charge in [-0.15, -0.1) is 13.2 Å². The molecule has 1 aliphatic rings. The minimum atomic E-state index is -4.78. The highest BCUT2D eigenvalue weighted by atomic mass is 19.4. The van der Waals surface area contributed by atoms with Crippen molar-refractivity contribution in [2.24, 2.45) is 4.99 Å². The molecule has 0 spiro atoms. The molecule has 0 bridgehead atoms. The average molecular weight is 375 g/mol. The van der Waals surface area contributed by atoms with Crippen LogP contribution in [0.3, 0.4) is 0 Å². The third-order valence-electron chi connectivity index (χ3n) is 4.12. The normalized spacial score (nSPS) is 18.9. The summed E-state index contributed by atoms with van der Waals surface area (Å²) in [5.41, 5.74) is -0.218. The van der Waals surface area contributed by atoms with Crippen molar-refractivity contribution in [1.82, 2.24) is 0 Å². The van der Waals surface area contributed by atoms with Crippen molar-refractivity contribution in [3.05, 3.63) is 71.8 Å². The van der Waals surface area contributed by atoms with Crippen molar-refractivity contribution < 1.29 is 27.4 Å². The van der Waals surface area contributed by atoms with E-state index in [0.717, 1.165) is 0 Å². The number of para-hydroxylation sites is 1. The summed E-state index contributed by atoms with van der Waals surface area (Å²) in [6.07, 6.45) is -1.35. The van der Waals surface area contributed by atoms with Gasteiger partial charge in [0.25, 0.3) is 0 Å². The largest absolute Gasteiger partial charge is 0.573 e. The van der Waals surface area contributed by atoms with Crippen molar-refractivity contribution in [2.45, 2.75) is 25.2 Å². The molecule has 2 aromatic carbocycles. The number of alkyl halides is 3. The molecule has 2 aromatic rings. The highest BCUT2D eigenvalue weighted by molar-refractivity contribution is 6.11. The van der Waals surface area contributed by atoms with Gasteiger partial charge in [0.2, 0.25) is 0 Å². The van der Waals surface area contributed by atoms with Gasteiger partial charge in [-0.05, 0) is 42.3 Å². The molecule has 27 heavy (non-hydrogen) atoms. The zero-order valence-corrected chi connectivity index (χ0v) is 14.4. The summed E-state index contributed by atoms with van der Waals surface area (Å²) >= 11 is 0. The summed E-state index contributed by atoms with van der Waals surface area (Å²) in [5, 5.41) is 0. The number of carbonyl (C=O) groups is 1. The summed E-state index contributed by atoms with van der Waals surface area (Å²) in [7, 11) is 0. The molecule has 140 valence electrons. The molecule has 1 heterocycles. The van der Waals surface area contributed by atoms with Gasteiger partial charge < -0.3 is 9.47 Å². The first-order chi connectivity index (χ1) is 12.8. The third-order valence-corrected chi connectivity index (χ3v) is 4.12. The smallest absolute Gasteiger partial charge is 0.423 e. The van der Waals surface area contributed by atoms with Crippen LogP contribution in [0.4, 0.5) is 13.2 Å². The Hall–Kier alpha value is -3.09. The molecule has 0 saturated carbocycles. The Bertz CT molecular complexity index is 891. The van der Waals surface area contributed by atoms with Crippen molar-refractivity contribution in [1.29, 1.82) is 0 Å². The van der Waals surface area contributed by atoms with Crippen LogP contribution >= 0.6 is 0 Å². The second-order valence-corrected chi connectivity index (χ2v) is 5.91. The third kappa shape index (κ3) is 4.36. The predicted octanol–water partition coefficient (Wildman–Crippen LogP) is 4.81. The molecule has 0 aliphatic carbocycles. The van der Waals surface area contributed by atoms with Gasteiger partial charge >= 0.3 is 12.3 Å². The van der Waals surface area contributed by atoms with E-state index in [1.165, 1.54) is 24.4 Å². The van der Waals surface area contributed by atoms with E-state index in [1.54, 1.807) is 42.5 Å². The van der Waals surface area contributed by atoms with Gasteiger partial charge in [0.1, 0.15) is 17.0 Å². The van der Waals surface area contributed by atoms with Crippen LogP contribution in [0.1, 0.15) is 18.9 Å². The maximum Gasteiger partial charge on any atom is 0.573 e. The molecular formula is C20H16F3NO3. The van der Waals surface area contributed by atoms with Crippen molar-refractivity contribution in [2.75, 3.05) is 0 Å². The van der Waals surface area contributed by atoms with Crippen LogP contribution in [0.15, 0.2) is 71.2 Å². The summed E-state index contributed by atoms with van der Waals surface area (Å²) in [6, 6.07) is 14.2. The molecule has 0 radical (unpaired) electrons. The van der Waals surface area contributed by atoms with E-state index in [9.17, 15) is 18.0 Å². The highest BCUT2D eigenvalue weighted by Gasteiger charge is 2.35. The van der Waals surface area contributed by atoms with E-state index < -0.39 is 17.9 Å². The lowest BCUT2D eigenvalue weighted by atomic mass is 9.87. The first kappa shape index (κ1) is 18.7. The Kier molecular flexibility index (Phi) is 5.03. The Labute approximate surface area is 153 Å². The van der Waals surface area contributed by atoms with E-state index >= 15 is 0 Å². The molecule has 4 nitrogen and oxygen atoms in total. The molecule has 1 aliphatic heterocycles. The number of hydrogen-bond acceptors (Lipinski definition) is 4. The zero-order chi connectivity index (χ0) is 19.5. The Morgan fingerprint density at radius 1 is 1.07 bits per heavy atom. The number of carbonyl (C=O) groups excluding carboxylic acids is 1. The number of halogens is 3. The monoisotopic (exact) mass is 375 g/mol. The van der Waals surface area contributed by atoms with Crippen LogP contribution in [-0.4, -0.2) is 18.5 Å². The van der Waals surface area contributed by atoms with Crippen LogP contribution in [0.2, 0.25) is 0 Å². The van der Waals surface area contributed by atoms with Crippen LogP contribution in [0.5, 0.6) is 11.5 Å². The van der Waals surface area contributed by atoms with E-state index in [2.05, 4.69) is 9.73 Å². The predicted molar refractivity (Wildman–Crippen MR) is 93.7 cm³/mol. The van der Waals surface area contributed by atoms with Gasteiger partial charge in [-0.3, -0.25) is 4.99 Å². The Balaban J connectivity index is 1.85. The fourth-order valence-corrected chi connectivity index (χ4v) is 2.80. The first-order valence-electron chi connectivity index (χ1n) is 8.23. The Morgan fingerprint density at radius 2 is 1.78 bits per heavy atom. The molecule has 0 amide bonds. The average Bonchev–Trinajstić information content (AvgIpc) is 3.07. The molecule has 0 saturated heterocycles. The highest BCUT2D eigenvalue weighted by Crippen LogP contribution is 2.38. The molecule has 0 N–H and O–H groups in total. The number of benzene rings is 2. The molecule has 1 unspecified atom stereocenters. The van der Waals surface area contributed by atoms with Crippen molar-refractivity contribution in [3.8, 4) is 11.5 Å². The SMILES string of the molecule is CCC1(c2cccc(OC(F)(F)F)c2)C=C(C(=O)Oc2ccccc2)C=N1. The van der Waals surface area contributed by atoms with Crippen LogP contribution < -0.4 is 9.47 Å². The van der Waals surface area contributed by atoms with Gasteiger partial charge in [0, 0.05) is 6.21 Å². The minimum absolute atomic E-state index is 0.239. The zero-order valence-electron chi connectivity index (χ0n) is 14.4. The molecule has 3 rings (SSSR count). The van der Waals surface area contributed by atoms with Gasteiger partial charge in [0.05, 0.1) is 5.57 Å². The van der Waals surface area contributed by atoms with E-state index in [0.29, 0.717) is 17.7 Å². The van der Waals surface area contributed by atoms with E-state index in [4.69, 9.17) is 4.74 Å². The lowest BCUT2D eigenvalue weighted by Gasteiger charge is -2.23. The quantitative estimate of drug-likeness (QED) is 0.557. The molecule has 1 atom stereocenters. The first-order valence-corrected chi connectivity index (χ1v) is 8.23. The summed E-state index contributed by atoms with van der Waals surface area (Å²) in [6.45, 7) is 1.83. The van der Waals surface area contributed by atoms with Crippen molar-refractivity contribution >= 4 is 12.2 Å². The lowest BCUT2D eigenvalue weighted by Crippen LogP contribution is -2.20. The summed E-state index contributed by atoms with van der Waals surface area (Å²) in [4.78, 5) is 16.7. The number of aliphatic imine (C=N–C) groups is 1. The van der Waals surface area contributed by atoms with Crippen LogP contribution in [0, 0.1) is 0 Å². The minimum Gasteiger partial charge on any atom is -0.423 e. The molecule has 0 fully saturated rings. The fraction of sp³-hybridized carbons (Fsp3) is 0.200. The molecule has 7 heteroatoms. The second kappa shape index (κ2) is 7.26. The second-order valence-electron chi connectivity index (χ2n) is 5.91. The molecule has 0 aromatic heterocycles. The molecular weight excluding hydrogens is 359 g/mol. The lowest BCUT2D eigenvalue weighted by molar-refractivity contribution is -0.274. The van der Waals surface area contributed by atoms with E-state index in [-0.39, 0.29) is 11.3 Å².